The van der Waals surface area contributed by atoms with Gasteiger partial charge < -0.3 is 5.73 Å². The average Bonchev–Trinajstić information content (AvgIpc) is 2.47. The Bertz CT molecular complexity index is 555. The number of nitrogens with two attached hydrogens (primary N) is 1. The van der Waals surface area contributed by atoms with Crippen LogP contribution in [0.2, 0.25) is 0 Å². The third-order valence-electron chi connectivity index (χ3n) is 4.00. The van der Waals surface area contributed by atoms with Gasteiger partial charge in [0.2, 0.25) is 10.0 Å². The molecule has 0 aromatic heterocycles. The van der Waals surface area contributed by atoms with Crippen molar-refractivity contribution in [2.75, 3.05) is 24.3 Å². The van der Waals surface area contributed by atoms with Crippen LogP contribution in [-0.2, 0) is 10.0 Å². The molecule has 0 radical (unpaired) electrons. The zero-order valence-electron chi connectivity index (χ0n) is 12.5. The van der Waals surface area contributed by atoms with Gasteiger partial charge in [-0.15, -0.1) is 11.8 Å². The average molecular weight is 329 g/mol. The molecule has 0 aliphatic heterocycles. The molecule has 21 heavy (non-hydrogen) atoms. The molecule has 2 rings (SSSR count). The van der Waals surface area contributed by atoms with E-state index in [-0.39, 0.29) is 11.8 Å². The minimum atomic E-state index is -3.16. The van der Waals surface area contributed by atoms with Gasteiger partial charge in [-0.25, -0.2) is 12.7 Å². The standard InChI is InChI=1S/C15H24N2O2S2/c1-17(14-7-3-2-4-8-14)21(18,19)11-10-20-15-9-5-6-13(16)12-15/h5-6,9,12,14H,2-4,7-8,10-11,16H2,1H3. The number of thioether (sulfide) groups is 1. The van der Waals surface area contributed by atoms with Crippen LogP contribution in [0.4, 0.5) is 5.69 Å². The maximum Gasteiger partial charge on any atom is 0.214 e. The lowest BCUT2D eigenvalue weighted by molar-refractivity contribution is 0.286. The van der Waals surface area contributed by atoms with E-state index in [0.29, 0.717) is 11.4 Å². The van der Waals surface area contributed by atoms with E-state index < -0.39 is 10.0 Å². The summed E-state index contributed by atoms with van der Waals surface area (Å²) in [4.78, 5) is 1.02. The highest BCUT2D eigenvalue weighted by Gasteiger charge is 2.27. The van der Waals surface area contributed by atoms with Gasteiger partial charge in [0.25, 0.3) is 0 Å². The van der Waals surface area contributed by atoms with Crippen LogP contribution in [0, 0.1) is 0 Å². The first-order chi connectivity index (χ1) is 9.99. The van der Waals surface area contributed by atoms with Crippen molar-refractivity contribution in [1.82, 2.24) is 4.31 Å². The lowest BCUT2D eigenvalue weighted by Gasteiger charge is -2.30. The fourth-order valence-electron chi connectivity index (χ4n) is 2.68. The Morgan fingerprint density at radius 3 is 2.67 bits per heavy atom. The fourth-order valence-corrected chi connectivity index (χ4v) is 5.44. The van der Waals surface area contributed by atoms with Crippen LogP contribution in [-0.4, -0.2) is 37.3 Å². The monoisotopic (exact) mass is 328 g/mol. The Labute approximate surface area is 132 Å². The summed E-state index contributed by atoms with van der Waals surface area (Å²) in [6, 6.07) is 7.75. The lowest BCUT2D eigenvalue weighted by Crippen LogP contribution is -2.39. The van der Waals surface area contributed by atoms with Gasteiger partial charge >= 0.3 is 0 Å². The normalized spacial score (nSPS) is 17.2. The van der Waals surface area contributed by atoms with Gasteiger partial charge in [-0.2, -0.15) is 0 Å². The number of hydrogen-bond donors (Lipinski definition) is 1. The van der Waals surface area contributed by atoms with E-state index >= 15 is 0 Å². The molecule has 0 atom stereocenters. The van der Waals surface area contributed by atoms with Gasteiger partial charge in [-0.1, -0.05) is 25.3 Å². The number of benzene rings is 1. The molecule has 1 saturated carbocycles. The number of rotatable bonds is 6. The number of sulfonamides is 1. The molecule has 1 aliphatic carbocycles. The molecule has 0 heterocycles. The smallest absolute Gasteiger partial charge is 0.214 e. The molecule has 2 N–H and O–H groups in total. The molecule has 1 aromatic rings. The number of nitrogen functional groups attached to an aromatic ring is 1. The van der Waals surface area contributed by atoms with Crippen molar-refractivity contribution in [3.05, 3.63) is 24.3 Å². The predicted molar refractivity (Wildman–Crippen MR) is 90.0 cm³/mol. The molecular weight excluding hydrogens is 304 g/mol. The minimum absolute atomic E-state index is 0.180. The van der Waals surface area contributed by atoms with Crippen LogP contribution in [0.3, 0.4) is 0 Å². The van der Waals surface area contributed by atoms with Gasteiger partial charge in [0.15, 0.2) is 0 Å². The maximum absolute atomic E-state index is 12.4. The zero-order valence-corrected chi connectivity index (χ0v) is 14.1. The first-order valence-electron chi connectivity index (χ1n) is 7.43. The van der Waals surface area contributed by atoms with Crippen molar-refractivity contribution in [2.24, 2.45) is 0 Å². The van der Waals surface area contributed by atoms with Crippen molar-refractivity contribution in [3.63, 3.8) is 0 Å². The van der Waals surface area contributed by atoms with Gasteiger partial charge in [-0.05, 0) is 31.0 Å². The summed E-state index contributed by atoms with van der Waals surface area (Å²) in [5.74, 6) is 0.738. The second kappa shape index (κ2) is 7.51. The minimum Gasteiger partial charge on any atom is -0.399 e. The van der Waals surface area contributed by atoms with E-state index in [9.17, 15) is 8.42 Å². The van der Waals surface area contributed by atoms with Crippen LogP contribution < -0.4 is 5.73 Å². The SMILES string of the molecule is CN(C1CCCCC1)S(=O)(=O)CCSc1cccc(N)c1. The van der Waals surface area contributed by atoms with E-state index in [1.165, 1.54) is 18.2 Å². The van der Waals surface area contributed by atoms with Crippen molar-refractivity contribution in [1.29, 1.82) is 0 Å². The summed E-state index contributed by atoms with van der Waals surface area (Å²) >= 11 is 1.54. The number of nitrogens with zero attached hydrogens (tertiary/aromatic N) is 1. The lowest BCUT2D eigenvalue weighted by atomic mass is 9.96. The largest absolute Gasteiger partial charge is 0.399 e. The molecule has 0 unspecified atom stereocenters. The Kier molecular flexibility index (Phi) is 5.96. The summed E-state index contributed by atoms with van der Waals surface area (Å²) in [5, 5.41) is 0. The van der Waals surface area contributed by atoms with Crippen molar-refractivity contribution in [3.8, 4) is 0 Å². The maximum atomic E-state index is 12.4. The molecule has 6 heteroatoms. The van der Waals surface area contributed by atoms with Gasteiger partial charge in [0.1, 0.15) is 0 Å². The molecule has 0 amide bonds. The summed E-state index contributed by atoms with van der Waals surface area (Å²) in [7, 11) is -1.43. The van der Waals surface area contributed by atoms with Crippen LogP contribution in [0.1, 0.15) is 32.1 Å². The second-order valence-electron chi connectivity index (χ2n) is 5.55. The van der Waals surface area contributed by atoms with E-state index in [1.807, 2.05) is 24.3 Å². The molecule has 0 bridgehead atoms. The summed E-state index contributed by atoms with van der Waals surface area (Å²) in [5.41, 5.74) is 6.43. The van der Waals surface area contributed by atoms with E-state index in [4.69, 9.17) is 5.73 Å². The Hall–Kier alpha value is -0.720. The highest BCUT2D eigenvalue weighted by atomic mass is 32.2. The molecule has 0 saturated heterocycles. The topological polar surface area (TPSA) is 63.4 Å². The van der Waals surface area contributed by atoms with Crippen LogP contribution in [0.15, 0.2) is 29.2 Å². The van der Waals surface area contributed by atoms with Crippen LogP contribution >= 0.6 is 11.8 Å². The summed E-state index contributed by atoms with van der Waals surface area (Å²) in [6.45, 7) is 0. The van der Waals surface area contributed by atoms with Crippen molar-refractivity contribution >= 4 is 27.5 Å². The molecular formula is C15H24N2O2S2. The Morgan fingerprint density at radius 2 is 2.00 bits per heavy atom. The quantitative estimate of drug-likeness (QED) is 0.644. The highest BCUT2D eigenvalue weighted by Crippen LogP contribution is 2.25. The highest BCUT2D eigenvalue weighted by molar-refractivity contribution is 8.00. The van der Waals surface area contributed by atoms with Crippen molar-refractivity contribution < 1.29 is 8.42 Å². The van der Waals surface area contributed by atoms with E-state index in [0.717, 1.165) is 30.6 Å². The number of hydrogen-bond acceptors (Lipinski definition) is 4. The third-order valence-corrected chi connectivity index (χ3v) is 7.15. The number of anilines is 1. The van der Waals surface area contributed by atoms with Gasteiger partial charge in [-0.3, -0.25) is 0 Å². The van der Waals surface area contributed by atoms with Crippen LogP contribution in [0.5, 0.6) is 0 Å². The van der Waals surface area contributed by atoms with Gasteiger partial charge in [0.05, 0.1) is 5.75 Å². The molecule has 4 nitrogen and oxygen atoms in total. The Balaban J connectivity index is 1.85. The van der Waals surface area contributed by atoms with Crippen LogP contribution in [0.25, 0.3) is 0 Å². The first kappa shape index (κ1) is 16.6. The zero-order chi connectivity index (χ0) is 15.3. The summed E-state index contributed by atoms with van der Waals surface area (Å²) in [6.07, 6.45) is 5.51. The predicted octanol–water partition coefficient (Wildman–Crippen LogP) is 2.96. The third kappa shape index (κ3) is 4.90. The molecule has 118 valence electrons. The molecule has 1 aliphatic rings. The van der Waals surface area contributed by atoms with Crippen molar-refractivity contribution in [2.45, 2.75) is 43.0 Å². The first-order valence-corrected chi connectivity index (χ1v) is 10.0. The van der Waals surface area contributed by atoms with E-state index in [1.54, 1.807) is 11.4 Å². The Morgan fingerprint density at radius 1 is 1.29 bits per heavy atom. The molecule has 0 spiro atoms. The fraction of sp³-hybridized carbons (Fsp3) is 0.600. The molecule has 1 aromatic carbocycles. The summed E-state index contributed by atoms with van der Waals surface area (Å²) < 4.78 is 26.4. The van der Waals surface area contributed by atoms with E-state index in [2.05, 4.69) is 0 Å². The molecule has 1 fully saturated rings. The van der Waals surface area contributed by atoms with Gasteiger partial charge in [0, 0.05) is 29.4 Å². The second-order valence-corrected chi connectivity index (χ2v) is 8.86.